The predicted octanol–water partition coefficient (Wildman–Crippen LogP) is 1.01. The molecule has 2 fully saturated rings. The van der Waals surface area contributed by atoms with Gasteiger partial charge in [0.15, 0.2) is 0 Å². The Labute approximate surface area is 100 Å². The number of rotatable bonds is 3. The van der Waals surface area contributed by atoms with Crippen molar-refractivity contribution in [3.05, 3.63) is 0 Å². The Hall–Kier alpha value is -0.120. The van der Waals surface area contributed by atoms with Crippen LogP contribution in [0.2, 0.25) is 0 Å². The Morgan fingerprint density at radius 3 is 2.56 bits per heavy atom. The normalized spacial score (nSPS) is 34.1. The van der Waals surface area contributed by atoms with E-state index in [1.165, 1.54) is 58.4 Å². The third-order valence-electron chi connectivity index (χ3n) is 4.14. The summed E-state index contributed by atoms with van der Waals surface area (Å²) >= 11 is 0. The zero-order chi connectivity index (χ0) is 11.4. The van der Waals surface area contributed by atoms with Gasteiger partial charge >= 0.3 is 0 Å². The van der Waals surface area contributed by atoms with Gasteiger partial charge in [-0.25, -0.2) is 0 Å². The van der Waals surface area contributed by atoms with Crippen molar-refractivity contribution in [2.75, 3.05) is 46.8 Å². The van der Waals surface area contributed by atoms with Crippen molar-refractivity contribution >= 4 is 0 Å². The maximum absolute atomic E-state index is 3.79. The van der Waals surface area contributed by atoms with E-state index in [1.807, 2.05) is 0 Å². The minimum atomic E-state index is 0.774. The molecule has 3 nitrogen and oxygen atoms in total. The van der Waals surface area contributed by atoms with Gasteiger partial charge in [0.05, 0.1) is 0 Å². The molecule has 0 radical (unpaired) electrons. The Balaban J connectivity index is 1.65. The van der Waals surface area contributed by atoms with Crippen LogP contribution in [0.4, 0.5) is 0 Å². The minimum absolute atomic E-state index is 0.774. The van der Waals surface area contributed by atoms with Crippen LogP contribution in [-0.2, 0) is 0 Å². The van der Waals surface area contributed by atoms with Gasteiger partial charge < -0.3 is 15.1 Å². The van der Waals surface area contributed by atoms with Gasteiger partial charge in [-0.2, -0.15) is 0 Å². The van der Waals surface area contributed by atoms with Gasteiger partial charge in [0.25, 0.3) is 0 Å². The minimum Gasteiger partial charge on any atom is -0.314 e. The van der Waals surface area contributed by atoms with Gasteiger partial charge in [0, 0.05) is 12.6 Å². The molecule has 2 aliphatic rings. The fourth-order valence-electron chi connectivity index (χ4n) is 2.97. The molecule has 0 aromatic rings. The fraction of sp³-hybridized carbons (Fsp3) is 1.00. The van der Waals surface area contributed by atoms with Crippen molar-refractivity contribution in [3.8, 4) is 0 Å². The standard InChI is InChI=1S/C13H27N3/c1-15-7-3-4-13(6-9-15)14-10-12-5-8-16(2)11-12/h12-14H,3-11H2,1-2H3. The molecule has 3 heteroatoms. The van der Waals surface area contributed by atoms with Crippen LogP contribution >= 0.6 is 0 Å². The lowest BCUT2D eigenvalue weighted by Crippen LogP contribution is -2.34. The highest BCUT2D eigenvalue weighted by atomic mass is 15.1. The van der Waals surface area contributed by atoms with Crippen molar-refractivity contribution in [2.45, 2.75) is 31.7 Å². The molecule has 16 heavy (non-hydrogen) atoms. The highest BCUT2D eigenvalue weighted by Gasteiger charge is 2.21. The van der Waals surface area contributed by atoms with E-state index in [2.05, 4.69) is 29.2 Å². The second kappa shape index (κ2) is 5.99. The quantitative estimate of drug-likeness (QED) is 0.773. The predicted molar refractivity (Wildman–Crippen MR) is 68.7 cm³/mol. The first-order valence-corrected chi connectivity index (χ1v) is 6.84. The van der Waals surface area contributed by atoms with E-state index >= 15 is 0 Å². The first-order valence-electron chi connectivity index (χ1n) is 6.84. The zero-order valence-corrected chi connectivity index (χ0v) is 10.9. The second-order valence-corrected chi connectivity index (χ2v) is 5.76. The van der Waals surface area contributed by atoms with E-state index in [0.29, 0.717) is 0 Å². The lowest BCUT2D eigenvalue weighted by molar-refractivity contribution is 0.338. The van der Waals surface area contributed by atoms with Crippen LogP contribution in [0, 0.1) is 5.92 Å². The van der Waals surface area contributed by atoms with Crippen molar-refractivity contribution in [1.82, 2.24) is 15.1 Å². The van der Waals surface area contributed by atoms with Crippen molar-refractivity contribution in [2.24, 2.45) is 5.92 Å². The van der Waals surface area contributed by atoms with E-state index < -0.39 is 0 Å². The third kappa shape index (κ3) is 3.72. The van der Waals surface area contributed by atoms with Crippen LogP contribution < -0.4 is 5.32 Å². The lowest BCUT2D eigenvalue weighted by atomic mass is 10.1. The summed E-state index contributed by atoms with van der Waals surface area (Å²) in [6, 6.07) is 0.774. The second-order valence-electron chi connectivity index (χ2n) is 5.76. The van der Waals surface area contributed by atoms with Gasteiger partial charge in [0.1, 0.15) is 0 Å². The monoisotopic (exact) mass is 225 g/mol. The Morgan fingerprint density at radius 1 is 1.00 bits per heavy atom. The number of nitrogens with one attached hydrogen (secondary N) is 1. The number of hydrogen-bond acceptors (Lipinski definition) is 3. The van der Waals surface area contributed by atoms with Gasteiger partial charge in [-0.15, -0.1) is 0 Å². The summed E-state index contributed by atoms with van der Waals surface area (Å²) < 4.78 is 0. The molecule has 2 heterocycles. The summed E-state index contributed by atoms with van der Waals surface area (Å²) in [5, 5.41) is 3.79. The molecule has 94 valence electrons. The summed E-state index contributed by atoms with van der Waals surface area (Å²) in [5.74, 6) is 0.894. The van der Waals surface area contributed by atoms with Crippen molar-refractivity contribution < 1.29 is 0 Å². The molecule has 0 bridgehead atoms. The summed E-state index contributed by atoms with van der Waals surface area (Å²) in [6.07, 6.45) is 5.45. The molecule has 0 aromatic carbocycles. The molecule has 0 aromatic heterocycles. The number of nitrogens with zero attached hydrogens (tertiary/aromatic N) is 2. The number of likely N-dealkylation sites (tertiary alicyclic amines) is 2. The molecule has 2 saturated heterocycles. The summed E-state index contributed by atoms with van der Waals surface area (Å²) in [4.78, 5) is 4.91. The summed E-state index contributed by atoms with van der Waals surface area (Å²) in [5.41, 5.74) is 0. The Morgan fingerprint density at radius 2 is 1.81 bits per heavy atom. The molecule has 2 unspecified atom stereocenters. The molecule has 0 amide bonds. The van der Waals surface area contributed by atoms with Gasteiger partial charge in [0.2, 0.25) is 0 Å². The summed E-state index contributed by atoms with van der Waals surface area (Å²) in [7, 11) is 4.48. The Kier molecular flexibility index (Phi) is 4.62. The topological polar surface area (TPSA) is 18.5 Å². The zero-order valence-electron chi connectivity index (χ0n) is 10.9. The van der Waals surface area contributed by atoms with Crippen LogP contribution in [0.1, 0.15) is 25.7 Å². The molecule has 0 spiro atoms. The maximum atomic E-state index is 3.79. The van der Waals surface area contributed by atoms with E-state index in [4.69, 9.17) is 0 Å². The van der Waals surface area contributed by atoms with E-state index in [9.17, 15) is 0 Å². The van der Waals surface area contributed by atoms with Crippen molar-refractivity contribution in [3.63, 3.8) is 0 Å². The van der Waals surface area contributed by atoms with Gasteiger partial charge in [-0.3, -0.25) is 0 Å². The smallest absolute Gasteiger partial charge is 0.00798 e. The van der Waals surface area contributed by atoms with Gasteiger partial charge in [-0.05, 0) is 71.9 Å². The first-order chi connectivity index (χ1) is 7.74. The largest absolute Gasteiger partial charge is 0.314 e. The van der Waals surface area contributed by atoms with E-state index in [1.54, 1.807) is 0 Å². The molecule has 0 aliphatic carbocycles. The van der Waals surface area contributed by atoms with Crippen LogP contribution in [0.15, 0.2) is 0 Å². The average molecular weight is 225 g/mol. The van der Waals surface area contributed by atoms with Crippen LogP contribution in [0.5, 0.6) is 0 Å². The van der Waals surface area contributed by atoms with Crippen LogP contribution in [0.3, 0.4) is 0 Å². The molecular formula is C13H27N3. The third-order valence-corrected chi connectivity index (χ3v) is 4.14. The van der Waals surface area contributed by atoms with Crippen LogP contribution in [-0.4, -0.2) is 62.7 Å². The Bertz CT molecular complexity index is 207. The maximum Gasteiger partial charge on any atom is 0.00798 e. The average Bonchev–Trinajstić information content (AvgIpc) is 2.56. The first kappa shape index (κ1) is 12.3. The highest BCUT2D eigenvalue weighted by molar-refractivity contribution is 4.79. The molecule has 2 rings (SSSR count). The van der Waals surface area contributed by atoms with E-state index in [0.717, 1.165) is 12.0 Å². The number of hydrogen-bond donors (Lipinski definition) is 1. The fourth-order valence-corrected chi connectivity index (χ4v) is 2.97. The summed E-state index contributed by atoms with van der Waals surface area (Å²) in [6.45, 7) is 6.37. The lowest BCUT2D eigenvalue weighted by Gasteiger charge is -2.19. The molecular weight excluding hydrogens is 198 g/mol. The van der Waals surface area contributed by atoms with Gasteiger partial charge in [-0.1, -0.05) is 0 Å². The van der Waals surface area contributed by atoms with E-state index in [-0.39, 0.29) is 0 Å². The molecule has 1 N–H and O–H groups in total. The highest BCUT2D eigenvalue weighted by Crippen LogP contribution is 2.15. The van der Waals surface area contributed by atoms with Crippen molar-refractivity contribution in [1.29, 1.82) is 0 Å². The molecule has 2 atom stereocenters. The SMILES string of the molecule is CN1CCCC(NCC2CCN(C)C2)CC1. The van der Waals surface area contributed by atoms with Crippen LogP contribution in [0.25, 0.3) is 0 Å². The molecule has 0 saturated carbocycles. The molecule has 2 aliphatic heterocycles.